The van der Waals surface area contributed by atoms with Crippen LogP contribution in [0.2, 0.25) is 0 Å². The number of nitrogens with two attached hydrogens (primary N) is 1. The smallest absolute Gasteiger partial charge is 0.222 e. The van der Waals surface area contributed by atoms with Crippen LogP contribution in [0.1, 0.15) is 58.3 Å². The molecule has 1 saturated heterocycles. The average Bonchev–Trinajstić information content (AvgIpc) is 2.75. The molecule has 0 spiro atoms. The number of amides is 1. The maximum Gasteiger partial charge on any atom is 0.222 e. The maximum absolute atomic E-state index is 11.9. The Morgan fingerprint density at radius 3 is 2.59 bits per heavy atom. The summed E-state index contributed by atoms with van der Waals surface area (Å²) in [5.74, 6) is 1.15. The predicted octanol–water partition coefficient (Wildman–Crippen LogP) is 2.30. The highest BCUT2D eigenvalue weighted by atomic mass is 16.2. The van der Waals surface area contributed by atoms with Gasteiger partial charge in [-0.15, -0.1) is 0 Å². The lowest BCUT2D eigenvalue weighted by atomic mass is 9.86. The van der Waals surface area contributed by atoms with Crippen molar-refractivity contribution in [2.45, 2.75) is 63.8 Å². The monoisotopic (exact) mass is 238 g/mol. The maximum atomic E-state index is 11.9. The third-order valence-electron chi connectivity index (χ3n) is 4.35. The van der Waals surface area contributed by atoms with Crippen molar-refractivity contribution in [3.05, 3.63) is 0 Å². The van der Waals surface area contributed by atoms with Gasteiger partial charge in [0.2, 0.25) is 5.91 Å². The molecule has 1 amide bonds. The molecule has 2 rings (SSSR count). The molecule has 0 unspecified atom stereocenters. The minimum absolute atomic E-state index is 0.0717. The highest BCUT2D eigenvalue weighted by Crippen LogP contribution is 2.30. The summed E-state index contributed by atoms with van der Waals surface area (Å²) in [5, 5.41) is 0. The molecular weight excluding hydrogens is 212 g/mol. The minimum atomic E-state index is -0.0717. The predicted molar refractivity (Wildman–Crippen MR) is 69.6 cm³/mol. The highest BCUT2D eigenvalue weighted by Gasteiger charge is 2.40. The lowest BCUT2D eigenvalue weighted by Crippen LogP contribution is -2.68. The van der Waals surface area contributed by atoms with Gasteiger partial charge in [0, 0.05) is 19.5 Å². The summed E-state index contributed by atoms with van der Waals surface area (Å²) in [6.45, 7) is 3.72. The van der Waals surface area contributed by atoms with E-state index in [-0.39, 0.29) is 5.54 Å². The Bertz CT molecular complexity index is 265. The van der Waals surface area contributed by atoms with E-state index in [0.29, 0.717) is 5.91 Å². The molecule has 98 valence electrons. The van der Waals surface area contributed by atoms with Crippen molar-refractivity contribution in [3.8, 4) is 0 Å². The Hall–Kier alpha value is -0.570. The van der Waals surface area contributed by atoms with Crippen LogP contribution in [0.15, 0.2) is 0 Å². The fraction of sp³-hybridized carbons (Fsp3) is 0.929. The lowest BCUT2D eigenvalue weighted by Gasteiger charge is -2.48. The summed E-state index contributed by atoms with van der Waals surface area (Å²) in [7, 11) is 0. The van der Waals surface area contributed by atoms with Crippen LogP contribution < -0.4 is 5.73 Å². The number of likely N-dealkylation sites (tertiary alicyclic amines) is 1. The van der Waals surface area contributed by atoms with Crippen molar-refractivity contribution in [1.82, 2.24) is 4.90 Å². The van der Waals surface area contributed by atoms with Crippen molar-refractivity contribution in [3.63, 3.8) is 0 Å². The van der Waals surface area contributed by atoms with Gasteiger partial charge in [-0.25, -0.2) is 0 Å². The van der Waals surface area contributed by atoms with E-state index >= 15 is 0 Å². The molecule has 3 heteroatoms. The van der Waals surface area contributed by atoms with Gasteiger partial charge < -0.3 is 10.6 Å². The summed E-state index contributed by atoms with van der Waals surface area (Å²) >= 11 is 0. The van der Waals surface area contributed by atoms with Gasteiger partial charge in [0.15, 0.2) is 0 Å². The van der Waals surface area contributed by atoms with Crippen LogP contribution in [0.3, 0.4) is 0 Å². The summed E-state index contributed by atoms with van der Waals surface area (Å²) in [5.41, 5.74) is 6.09. The number of hydrogen-bond acceptors (Lipinski definition) is 2. The van der Waals surface area contributed by atoms with Crippen LogP contribution >= 0.6 is 0 Å². The van der Waals surface area contributed by atoms with Crippen LogP contribution in [-0.2, 0) is 4.79 Å². The van der Waals surface area contributed by atoms with E-state index in [1.165, 1.54) is 25.7 Å². The molecule has 2 fully saturated rings. The molecule has 0 aromatic heterocycles. The Balaban J connectivity index is 1.65. The van der Waals surface area contributed by atoms with E-state index in [2.05, 4.69) is 6.92 Å². The largest absolute Gasteiger partial charge is 0.339 e. The summed E-state index contributed by atoms with van der Waals surface area (Å²) in [6, 6.07) is 0. The first-order chi connectivity index (χ1) is 8.13. The number of carbonyl (C=O) groups is 1. The van der Waals surface area contributed by atoms with E-state index in [1.807, 2.05) is 4.90 Å². The minimum Gasteiger partial charge on any atom is -0.339 e. The first kappa shape index (κ1) is 12.9. The van der Waals surface area contributed by atoms with Crippen molar-refractivity contribution < 1.29 is 4.79 Å². The molecule has 0 aromatic carbocycles. The summed E-state index contributed by atoms with van der Waals surface area (Å²) in [4.78, 5) is 13.9. The highest BCUT2D eigenvalue weighted by molar-refractivity contribution is 5.77. The standard InChI is InChI=1S/C14H26N2O/c1-2-9-14(15)10-16(11-14)13(17)8-7-12-5-3-4-6-12/h12H,2-11,15H2,1H3. The molecule has 17 heavy (non-hydrogen) atoms. The van der Waals surface area contributed by atoms with E-state index in [1.54, 1.807) is 0 Å². The van der Waals surface area contributed by atoms with Crippen molar-refractivity contribution in [2.24, 2.45) is 11.7 Å². The van der Waals surface area contributed by atoms with Gasteiger partial charge in [0.25, 0.3) is 0 Å². The third-order valence-corrected chi connectivity index (χ3v) is 4.35. The van der Waals surface area contributed by atoms with Gasteiger partial charge in [-0.2, -0.15) is 0 Å². The quantitative estimate of drug-likeness (QED) is 0.799. The zero-order valence-electron chi connectivity index (χ0n) is 11.1. The Morgan fingerprint density at radius 2 is 2.00 bits per heavy atom. The molecule has 1 aliphatic carbocycles. The lowest BCUT2D eigenvalue weighted by molar-refractivity contribution is -0.139. The molecule has 2 N–H and O–H groups in total. The molecule has 0 atom stereocenters. The zero-order chi connectivity index (χ0) is 12.3. The van der Waals surface area contributed by atoms with E-state index in [0.717, 1.165) is 44.7 Å². The average molecular weight is 238 g/mol. The van der Waals surface area contributed by atoms with Crippen molar-refractivity contribution >= 4 is 5.91 Å². The second-order valence-electron chi connectivity index (χ2n) is 6.05. The Kier molecular flexibility index (Phi) is 4.08. The molecule has 1 heterocycles. The third kappa shape index (κ3) is 3.21. The molecule has 0 aromatic rings. The molecule has 1 saturated carbocycles. The second kappa shape index (κ2) is 5.38. The van der Waals surface area contributed by atoms with Crippen LogP contribution in [0.4, 0.5) is 0 Å². The Labute approximate surface area is 105 Å². The first-order valence-electron chi connectivity index (χ1n) is 7.19. The van der Waals surface area contributed by atoms with Gasteiger partial charge in [0.05, 0.1) is 5.54 Å². The SMILES string of the molecule is CCCC1(N)CN(C(=O)CCC2CCCC2)C1. The normalized spacial score (nSPS) is 23.8. The van der Waals surface area contributed by atoms with Crippen LogP contribution in [0.5, 0.6) is 0 Å². The number of carbonyl (C=O) groups excluding carboxylic acids is 1. The molecule has 3 nitrogen and oxygen atoms in total. The fourth-order valence-electron chi connectivity index (χ4n) is 3.33. The van der Waals surface area contributed by atoms with Crippen molar-refractivity contribution in [1.29, 1.82) is 0 Å². The second-order valence-corrected chi connectivity index (χ2v) is 6.05. The number of nitrogens with zero attached hydrogens (tertiary/aromatic N) is 1. The first-order valence-corrected chi connectivity index (χ1v) is 7.19. The molecule has 1 aliphatic heterocycles. The number of rotatable bonds is 5. The van der Waals surface area contributed by atoms with Gasteiger partial charge >= 0.3 is 0 Å². The number of hydrogen-bond donors (Lipinski definition) is 1. The van der Waals surface area contributed by atoms with Crippen LogP contribution in [0.25, 0.3) is 0 Å². The van der Waals surface area contributed by atoms with Crippen LogP contribution in [0, 0.1) is 5.92 Å². The molecule has 0 radical (unpaired) electrons. The van der Waals surface area contributed by atoms with Crippen LogP contribution in [-0.4, -0.2) is 29.4 Å². The summed E-state index contributed by atoms with van der Waals surface area (Å²) in [6.07, 6.45) is 9.40. The van der Waals surface area contributed by atoms with Gasteiger partial charge in [-0.05, 0) is 18.8 Å². The van der Waals surface area contributed by atoms with E-state index in [4.69, 9.17) is 5.73 Å². The van der Waals surface area contributed by atoms with E-state index in [9.17, 15) is 4.79 Å². The van der Waals surface area contributed by atoms with Gasteiger partial charge in [0.1, 0.15) is 0 Å². The van der Waals surface area contributed by atoms with Gasteiger partial charge in [-0.3, -0.25) is 4.79 Å². The molecule has 2 aliphatic rings. The summed E-state index contributed by atoms with van der Waals surface area (Å²) < 4.78 is 0. The fourth-order valence-corrected chi connectivity index (χ4v) is 3.33. The van der Waals surface area contributed by atoms with E-state index < -0.39 is 0 Å². The van der Waals surface area contributed by atoms with Crippen molar-refractivity contribution in [2.75, 3.05) is 13.1 Å². The topological polar surface area (TPSA) is 46.3 Å². The van der Waals surface area contributed by atoms with Gasteiger partial charge in [-0.1, -0.05) is 39.0 Å². The molecule has 0 bridgehead atoms. The zero-order valence-corrected chi connectivity index (χ0v) is 11.1. The Morgan fingerprint density at radius 1 is 1.35 bits per heavy atom. The molecular formula is C14H26N2O.